The lowest BCUT2D eigenvalue weighted by atomic mass is 9.91. The molecule has 2 unspecified atom stereocenters. The summed E-state index contributed by atoms with van der Waals surface area (Å²) >= 11 is 6.80. The molecule has 1 amide bonds. The van der Waals surface area contributed by atoms with E-state index < -0.39 is 0 Å². The highest BCUT2D eigenvalue weighted by atomic mass is 32.2. The molecule has 0 radical (unpaired) electrons. The van der Waals surface area contributed by atoms with E-state index in [1.54, 1.807) is 9.47 Å². The summed E-state index contributed by atoms with van der Waals surface area (Å²) in [5.74, 6) is 1.73. The van der Waals surface area contributed by atoms with Crippen LogP contribution in [0.2, 0.25) is 0 Å². The Labute approximate surface area is 206 Å². The minimum absolute atomic E-state index is 0.0871. The van der Waals surface area contributed by atoms with Gasteiger partial charge in [-0.25, -0.2) is 0 Å². The van der Waals surface area contributed by atoms with Gasteiger partial charge in [0.2, 0.25) is 0 Å². The van der Waals surface area contributed by atoms with E-state index in [0.29, 0.717) is 39.7 Å². The van der Waals surface area contributed by atoms with Gasteiger partial charge in [-0.15, -0.1) is 0 Å². The number of piperidine rings is 1. The fourth-order valence-electron chi connectivity index (χ4n) is 4.89. The van der Waals surface area contributed by atoms with Crippen LogP contribution in [0.4, 0.5) is 5.82 Å². The number of nitriles is 1. The molecule has 2 aliphatic rings. The van der Waals surface area contributed by atoms with Gasteiger partial charge in [0.25, 0.3) is 11.5 Å². The monoisotopic (exact) mass is 486 g/mol. The van der Waals surface area contributed by atoms with Crippen LogP contribution in [0.25, 0.3) is 6.08 Å². The summed E-state index contributed by atoms with van der Waals surface area (Å²) in [7, 11) is 0. The molecule has 8 heteroatoms. The quantitative estimate of drug-likeness (QED) is 0.402. The fraction of sp³-hybridized carbons (Fsp3) is 0.600. The lowest BCUT2D eigenvalue weighted by Crippen LogP contribution is -2.43. The topological polar surface area (TPSA) is 69.3 Å². The van der Waals surface area contributed by atoms with E-state index in [0.717, 1.165) is 50.2 Å². The van der Waals surface area contributed by atoms with Gasteiger partial charge in [0.15, 0.2) is 0 Å². The molecule has 1 aromatic heterocycles. The third-order valence-corrected chi connectivity index (χ3v) is 7.72. The Hall–Kier alpha value is -2.11. The highest BCUT2D eigenvalue weighted by Gasteiger charge is 2.33. The molecule has 178 valence electrons. The minimum atomic E-state index is -0.245. The third kappa shape index (κ3) is 5.20. The molecule has 0 bridgehead atoms. The molecule has 2 atom stereocenters. The summed E-state index contributed by atoms with van der Waals surface area (Å²) in [5, 5.41) is 9.80. The summed E-state index contributed by atoms with van der Waals surface area (Å²) in [6, 6.07) is 2.12. The van der Waals surface area contributed by atoms with Crippen molar-refractivity contribution in [3.05, 3.63) is 31.9 Å². The third-order valence-electron chi connectivity index (χ3n) is 6.35. The zero-order valence-electron chi connectivity index (χ0n) is 20.3. The lowest BCUT2D eigenvalue weighted by Gasteiger charge is -2.39. The van der Waals surface area contributed by atoms with Crippen LogP contribution in [0.3, 0.4) is 0 Å². The standard InChI is InChI=1S/C25H34N4O2S2/c1-6-8-10-29-24(31)21(33-25(29)32)12-19-18(5)20(13-26)23(30)28(9-7-2)22(19)27-14-16(3)11-17(4)15-27/h12,16-17H,6-11,14-15H2,1-5H3/b21-12+. The highest BCUT2D eigenvalue weighted by Crippen LogP contribution is 2.37. The number of carbonyl (C=O) groups is 1. The number of thiocarbonyl (C=S) groups is 1. The van der Waals surface area contributed by atoms with Crippen LogP contribution >= 0.6 is 24.0 Å². The van der Waals surface area contributed by atoms with E-state index in [1.807, 2.05) is 19.9 Å². The van der Waals surface area contributed by atoms with Gasteiger partial charge in [-0.2, -0.15) is 5.26 Å². The van der Waals surface area contributed by atoms with E-state index >= 15 is 0 Å². The zero-order chi connectivity index (χ0) is 24.3. The minimum Gasteiger partial charge on any atom is -0.357 e. The number of pyridine rings is 1. The molecule has 0 aliphatic carbocycles. The number of amides is 1. The Bertz CT molecular complexity index is 1060. The molecule has 6 nitrogen and oxygen atoms in total. The summed E-state index contributed by atoms with van der Waals surface area (Å²) in [5.41, 5.74) is 1.33. The van der Waals surface area contributed by atoms with Gasteiger partial charge in [0.05, 0.1) is 4.91 Å². The summed E-state index contributed by atoms with van der Waals surface area (Å²) in [6.45, 7) is 13.2. The van der Waals surface area contributed by atoms with Crippen LogP contribution in [0.5, 0.6) is 0 Å². The van der Waals surface area contributed by atoms with Gasteiger partial charge in [0.1, 0.15) is 21.8 Å². The molecule has 3 heterocycles. The number of thioether (sulfide) groups is 1. The smallest absolute Gasteiger partial charge is 0.270 e. The second-order valence-corrected chi connectivity index (χ2v) is 11.0. The maximum atomic E-state index is 13.3. The predicted molar refractivity (Wildman–Crippen MR) is 140 cm³/mol. The first-order chi connectivity index (χ1) is 15.7. The van der Waals surface area contributed by atoms with Crippen molar-refractivity contribution in [2.45, 2.75) is 66.8 Å². The molecule has 0 saturated carbocycles. The Balaban J connectivity index is 2.22. The first-order valence-corrected chi connectivity index (χ1v) is 13.1. The molecule has 1 aromatic rings. The van der Waals surface area contributed by atoms with Crippen molar-refractivity contribution < 1.29 is 4.79 Å². The summed E-state index contributed by atoms with van der Waals surface area (Å²) in [4.78, 5) is 31.0. The highest BCUT2D eigenvalue weighted by molar-refractivity contribution is 8.26. The van der Waals surface area contributed by atoms with Crippen LogP contribution in [-0.2, 0) is 11.3 Å². The molecule has 0 spiro atoms. The molecule has 2 saturated heterocycles. The van der Waals surface area contributed by atoms with Gasteiger partial charge in [-0.1, -0.05) is 58.1 Å². The van der Waals surface area contributed by atoms with Gasteiger partial charge in [-0.05, 0) is 49.7 Å². The first-order valence-electron chi connectivity index (χ1n) is 11.9. The van der Waals surface area contributed by atoms with Crippen LogP contribution in [0, 0.1) is 30.1 Å². The summed E-state index contributed by atoms with van der Waals surface area (Å²) in [6.07, 6.45) is 5.67. The van der Waals surface area contributed by atoms with Gasteiger partial charge in [0, 0.05) is 31.7 Å². The van der Waals surface area contributed by atoms with Gasteiger partial charge in [-0.3, -0.25) is 19.1 Å². The second-order valence-electron chi connectivity index (χ2n) is 9.34. The van der Waals surface area contributed by atoms with Crippen molar-refractivity contribution in [3.63, 3.8) is 0 Å². The average Bonchev–Trinajstić information content (AvgIpc) is 3.02. The van der Waals surface area contributed by atoms with Crippen molar-refractivity contribution in [1.82, 2.24) is 9.47 Å². The van der Waals surface area contributed by atoms with E-state index in [9.17, 15) is 14.9 Å². The maximum Gasteiger partial charge on any atom is 0.270 e. The maximum absolute atomic E-state index is 13.3. The second kappa shape index (κ2) is 10.9. The average molecular weight is 487 g/mol. The number of carbonyl (C=O) groups excluding carboxylic acids is 1. The Morgan fingerprint density at radius 2 is 1.82 bits per heavy atom. The van der Waals surface area contributed by atoms with E-state index in [4.69, 9.17) is 12.2 Å². The number of unbranched alkanes of at least 4 members (excludes halogenated alkanes) is 1. The molecule has 2 aliphatic heterocycles. The molecular weight excluding hydrogens is 452 g/mol. The number of hydrogen-bond donors (Lipinski definition) is 0. The number of hydrogen-bond acceptors (Lipinski definition) is 6. The predicted octanol–water partition coefficient (Wildman–Crippen LogP) is 4.92. The lowest BCUT2D eigenvalue weighted by molar-refractivity contribution is -0.122. The van der Waals surface area contributed by atoms with E-state index in [-0.39, 0.29) is 17.0 Å². The molecular formula is C25H34N4O2S2. The first kappa shape index (κ1) is 25.5. The normalized spacial score (nSPS) is 22.4. The van der Waals surface area contributed by atoms with Crippen molar-refractivity contribution in [2.75, 3.05) is 24.5 Å². The fourth-order valence-corrected chi connectivity index (χ4v) is 6.18. The number of nitrogens with zero attached hydrogens (tertiary/aromatic N) is 4. The molecule has 33 heavy (non-hydrogen) atoms. The number of aromatic nitrogens is 1. The number of anilines is 1. The zero-order valence-corrected chi connectivity index (χ0v) is 21.9. The molecule has 2 fully saturated rings. The summed E-state index contributed by atoms with van der Waals surface area (Å²) < 4.78 is 2.32. The van der Waals surface area contributed by atoms with Crippen LogP contribution in [-0.4, -0.2) is 39.3 Å². The molecule has 3 rings (SSSR count). The van der Waals surface area contributed by atoms with Crippen molar-refractivity contribution in [1.29, 1.82) is 5.26 Å². The van der Waals surface area contributed by atoms with Crippen LogP contribution in [0.15, 0.2) is 9.70 Å². The van der Waals surface area contributed by atoms with Gasteiger partial charge >= 0.3 is 0 Å². The number of rotatable bonds is 7. The van der Waals surface area contributed by atoms with Crippen LogP contribution < -0.4 is 10.5 Å². The van der Waals surface area contributed by atoms with E-state index in [2.05, 4.69) is 31.7 Å². The largest absolute Gasteiger partial charge is 0.357 e. The van der Waals surface area contributed by atoms with E-state index in [1.165, 1.54) is 11.8 Å². The molecule has 0 aromatic carbocycles. The van der Waals surface area contributed by atoms with Crippen molar-refractivity contribution >= 4 is 46.1 Å². The Morgan fingerprint density at radius 1 is 1.15 bits per heavy atom. The van der Waals surface area contributed by atoms with Crippen molar-refractivity contribution in [3.8, 4) is 6.07 Å². The Morgan fingerprint density at radius 3 is 2.39 bits per heavy atom. The Kier molecular flexibility index (Phi) is 8.41. The van der Waals surface area contributed by atoms with Gasteiger partial charge < -0.3 is 4.90 Å². The molecule has 0 N–H and O–H groups in total. The SMILES string of the molecule is CCCCN1C(=O)/C(=C\c2c(C)c(C#N)c(=O)n(CCC)c2N2CC(C)CC(C)C2)SC1=S. The van der Waals surface area contributed by atoms with Crippen LogP contribution in [0.1, 0.15) is 70.1 Å². The van der Waals surface area contributed by atoms with Crippen molar-refractivity contribution in [2.24, 2.45) is 11.8 Å².